The third-order valence-electron chi connectivity index (χ3n) is 4.73. The van der Waals surface area contributed by atoms with Gasteiger partial charge in [-0.2, -0.15) is 0 Å². The van der Waals surface area contributed by atoms with Gasteiger partial charge in [0.1, 0.15) is 11.5 Å². The zero-order chi connectivity index (χ0) is 20.4. The Morgan fingerprint density at radius 1 is 1.07 bits per heavy atom. The van der Waals surface area contributed by atoms with Gasteiger partial charge in [-0.25, -0.2) is 0 Å². The summed E-state index contributed by atoms with van der Waals surface area (Å²) in [6.07, 6.45) is -0.0101. The summed E-state index contributed by atoms with van der Waals surface area (Å²) in [6, 6.07) is 9.82. The monoisotopic (exact) mass is 399 g/mol. The molecule has 1 aliphatic heterocycles. The van der Waals surface area contributed by atoms with E-state index in [4.69, 9.17) is 9.47 Å². The predicted molar refractivity (Wildman–Crippen MR) is 117 cm³/mol. The summed E-state index contributed by atoms with van der Waals surface area (Å²) >= 11 is 1.78. The van der Waals surface area contributed by atoms with Crippen LogP contribution in [0, 0.1) is 0 Å². The van der Waals surface area contributed by atoms with E-state index in [1.54, 1.807) is 11.8 Å². The predicted octanol–water partition coefficient (Wildman–Crippen LogP) is 5.85. The summed E-state index contributed by atoms with van der Waals surface area (Å²) in [4.78, 5) is 16.7. The first-order valence-corrected chi connectivity index (χ1v) is 10.7. The van der Waals surface area contributed by atoms with Gasteiger partial charge >= 0.3 is 0 Å². The molecular weight excluding hydrogens is 370 g/mol. The van der Waals surface area contributed by atoms with Gasteiger partial charge in [-0.1, -0.05) is 24.3 Å². The molecule has 0 aromatic heterocycles. The van der Waals surface area contributed by atoms with Crippen molar-refractivity contribution in [1.29, 1.82) is 0 Å². The highest BCUT2D eigenvalue weighted by Gasteiger charge is 2.25. The molecule has 0 bridgehead atoms. The van der Waals surface area contributed by atoms with E-state index in [0.29, 0.717) is 17.9 Å². The number of ether oxygens (including phenoxy) is 2. The second kappa shape index (κ2) is 8.48. The Labute approximate surface area is 171 Å². The molecule has 0 fully saturated rings. The van der Waals surface area contributed by atoms with Crippen molar-refractivity contribution in [3.05, 3.63) is 46.5 Å². The first-order chi connectivity index (χ1) is 13.3. The van der Waals surface area contributed by atoms with Crippen molar-refractivity contribution in [2.45, 2.75) is 53.8 Å². The van der Waals surface area contributed by atoms with Gasteiger partial charge in [-0.05, 0) is 47.6 Å². The van der Waals surface area contributed by atoms with E-state index < -0.39 is 0 Å². The average Bonchev–Trinajstić information content (AvgIpc) is 2.94. The van der Waals surface area contributed by atoms with Crippen molar-refractivity contribution in [1.82, 2.24) is 4.90 Å². The molecular formula is C23H29NO3S. The van der Waals surface area contributed by atoms with Gasteiger partial charge < -0.3 is 14.4 Å². The number of thioether (sulfide) groups is 1. The maximum atomic E-state index is 13.3. The molecule has 2 aromatic rings. The van der Waals surface area contributed by atoms with E-state index in [2.05, 4.69) is 18.7 Å². The molecule has 0 radical (unpaired) electrons. The number of nitrogens with zero attached hydrogens (tertiary/aromatic N) is 1. The van der Waals surface area contributed by atoms with Gasteiger partial charge in [0.25, 0.3) is 0 Å². The fraction of sp³-hybridized carbons (Fsp3) is 0.435. The van der Waals surface area contributed by atoms with Crippen molar-refractivity contribution < 1.29 is 14.3 Å². The number of Topliss-reactive ketones (excluding diaryl/α,β-unsaturated/α-hetero) is 1. The van der Waals surface area contributed by atoms with Crippen LogP contribution in [-0.4, -0.2) is 35.3 Å². The number of benzene rings is 2. The molecule has 28 heavy (non-hydrogen) atoms. The van der Waals surface area contributed by atoms with Crippen LogP contribution in [-0.2, 0) is 0 Å². The molecule has 0 aliphatic carbocycles. The van der Waals surface area contributed by atoms with Crippen LogP contribution >= 0.6 is 11.8 Å². The summed E-state index contributed by atoms with van der Waals surface area (Å²) in [5.74, 6) is 2.23. The summed E-state index contributed by atoms with van der Waals surface area (Å²) in [5, 5.41) is 1.88. The van der Waals surface area contributed by atoms with Crippen molar-refractivity contribution in [3.63, 3.8) is 0 Å². The molecule has 150 valence electrons. The molecule has 0 N–H and O–H groups in total. The Morgan fingerprint density at radius 2 is 1.71 bits per heavy atom. The van der Waals surface area contributed by atoms with Crippen molar-refractivity contribution >= 4 is 28.3 Å². The van der Waals surface area contributed by atoms with Gasteiger partial charge in [-0.15, -0.1) is 11.8 Å². The number of fused-ring (bicyclic) bond motifs is 1. The molecule has 1 aliphatic rings. The number of carbonyl (C=O) groups is 1. The molecule has 3 rings (SSSR count). The molecule has 5 heteroatoms. The number of hydrogen-bond acceptors (Lipinski definition) is 5. The fourth-order valence-electron chi connectivity index (χ4n) is 3.26. The normalized spacial score (nSPS) is 14.5. The summed E-state index contributed by atoms with van der Waals surface area (Å²) < 4.78 is 12.2. The fourth-order valence-corrected chi connectivity index (χ4v) is 4.23. The third-order valence-corrected chi connectivity index (χ3v) is 5.90. The number of ketones is 1. The van der Waals surface area contributed by atoms with Crippen LogP contribution < -0.4 is 9.47 Å². The first kappa shape index (κ1) is 20.6. The largest absolute Gasteiger partial charge is 0.490 e. The molecule has 0 amide bonds. The van der Waals surface area contributed by atoms with Crippen LogP contribution in [0.5, 0.6) is 11.5 Å². The number of allylic oxidation sites excluding steroid dienone is 2. The van der Waals surface area contributed by atoms with Crippen molar-refractivity contribution in [2.75, 3.05) is 12.4 Å². The Hall–Kier alpha value is -2.14. The number of hydrogen-bond donors (Lipinski definition) is 0. The molecule has 1 heterocycles. The summed E-state index contributed by atoms with van der Waals surface area (Å²) in [6.45, 7) is 12.5. The minimum atomic E-state index is -0.0296. The van der Waals surface area contributed by atoms with Crippen LogP contribution in [0.3, 0.4) is 0 Å². The second-order valence-electron chi connectivity index (χ2n) is 7.67. The highest BCUT2D eigenvalue weighted by Crippen LogP contribution is 2.39. The van der Waals surface area contributed by atoms with E-state index >= 15 is 0 Å². The van der Waals surface area contributed by atoms with E-state index in [0.717, 1.165) is 22.4 Å². The van der Waals surface area contributed by atoms with E-state index in [1.165, 1.54) is 10.6 Å². The van der Waals surface area contributed by atoms with E-state index in [9.17, 15) is 4.79 Å². The Morgan fingerprint density at radius 3 is 2.29 bits per heavy atom. The SMILES string of the molecule is CC1=C(C)N(CC(=O)c2cc(OC(C)C)c3ccccc3c2OC(C)C)CS1. The molecule has 4 nitrogen and oxygen atoms in total. The molecule has 0 saturated heterocycles. The van der Waals surface area contributed by atoms with E-state index in [-0.39, 0.29) is 18.0 Å². The lowest BCUT2D eigenvalue weighted by Crippen LogP contribution is -2.26. The van der Waals surface area contributed by atoms with Crippen LogP contribution in [0.1, 0.15) is 51.9 Å². The minimum absolute atomic E-state index is 0.0195. The molecule has 0 spiro atoms. The first-order valence-electron chi connectivity index (χ1n) is 9.75. The van der Waals surface area contributed by atoms with Crippen LogP contribution in [0.15, 0.2) is 40.9 Å². The standard InChI is InChI=1S/C23H29NO3S/c1-14(2)26-22-11-20(21(25)12-24-13-28-17(6)16(24)5)23(27-15(3)4)19-10-8-7-9-18(19)22/h7-11,14-15H,12-13H2,1-6H3. The topological polar surface area (TPSA) is 38.8 Å². The lowest BCUT2D eigenvalue weighted by molar-refractivity contribution is 0.0952. The number of carbonyl (C=O) groups excluding carboxylic acids is 1. The Kier molecular flexibility index (Phi) is 6.23. The van der Waals surface area contributed by atoms with Gasteiger partial charge in [0.15, 0.2) is 5.78 Å². The second-order valence-corrected chi connectivity index (χ2v) is 8.83. The molecule has 0 saturated carbocycles. The van der Waals surface area contributed by atoms with Crippen LogP contribution in [0.2, 0.25) is 0 Å². The lowest BCUT2D eigenvalue weighted by atomic mass is 10.0. The third kappa shape index (κ3) is 4.30. The average molecular weight is 400 g/mol. The zero-order valence-electron chi connectivity index (χ0n) is 17.5. The van der Waals surface area contributed by atoms with Crippen LogP contribution in [0.25, 0.3) is 10.8 Å². The van der Waals surface area contributed by atoms with Crippen molar-refractivity contribution in [3.8, 4) is 11.5 Å². The van der Waals surface area contributed by atoms with E-state index in [1.807, 2.05) is 58.0 Å². The number of rotatable bonds is 7. The quantitative estimate of drug-likeness (QED) is 0.546. The highest BCUT2D eigenvalue weighted by molar-refractivity contribution is 8.03. The lowest BCUT2D eigenvalue weighted by Gasteiger charge is -2.22. The minimum Gasteiger partial charge on any atom is -0.490 e. The van der Waals surface area contributed by atoms with Gasteiger partial charge in [0.2, 0.25) is 0 Å². The van der Waals surface area contributed by atoms with Gasteiger partial charge in [-0.3, -0.25) is 4.79 Å². The smallest absolute Gasteiger partial charge is 0.185 e. The van der Waals surface area contributed by atoms with Crippen molar-refractivity contribution in [2.24, 2.45) is 0 Å². The van der Waals surface area contributed by atoms with Gasteiger partial charge in [0, 0.05) is 21.4 Å². The van der Waals surface area contributed by atoms with Crippen LogP contribution in [0.4, 0.5) is 0 Å². The summed E-state index contributed by atoms with van der Waals surface area (Å²) in [5.41, 5.74) is 1.76. The highest BCUT2D eigenvalue weighted by atomic mass is 32.2. The molecule has 2 aromatic carbocycles. The zero-order valence-corrected chi connectivity index (χ0v) is 18.4. The maximum absolute atomic E-state index is 13.3. The Bertz CT molecular complexity index is 917. The summed E-state index contributed by atoms with van der Waals surface area (Å²) in [7, 11) is 0. The van der Waals surface area contributed by atoms with Gasteiger partial charge in [0.05, 0.1) is 30.2 Å². The Balaban J connectivity index is 2.09. The maximum Gasteiger partial charge on any atom is 0.185 e. The molecule has 0 atom stereocenters. The molecule has 0 unspecified atom stereocenters.